The van der Waals surface area contributed by atoms with Gasteiger partial charge in [0.25, 0.3) is 5.91 Å². The molecular weight excluding hydrogens is 376 g/mol. The fourth-order valence-electron chi connectivity index (χ4n) is 3.84. The summed E-state index contributed by atoms with van der Waals surface area (Å²) in [7, 11) is 1.62. The van der Waals surface area contributed by atoms with E-state index in [1.54, 1.807) is 24.1 Å². The summed E-state index contributed by atoms with van der Waals surface area (Å²) in [6, 6.07) is 23.9. The van der Waals surface area contributed by atoms with Crippen LogP contribution in [0.1, 0.15) is 33.1 Å². The summed E-state index contributed by atoms with van der Waals surface area (Å²) >= 11 is 0. The van der Waals surface area contributed by atoms with Crippen molar-refractivity contribution in [3.63, 3.8) is 0 Å². The van der Waals surface area contributed by atoms with Gasteiger partial charge in [-0.2, -0.15) is 0 Å². The molecule has 0 aliphatic carbocycles. The van der Waals surface area contributed by atoms with Gasteiger partial charge < -0.3 is 15.0 Å². The first-order valence-electron chi connectivity index (χ1n) is 10.0. The average Bonchev–Trinajstić information content (AvgIpc) is 2.82. The van der Waals surface area contributed by atoms with Gasteiger partial charge in [0, 0.05) is 18.7 Å². The predicted octanol–water partition coefficient (Wildman–Crippen LogP) is 3.75. The van der Waals surface area contributed by atoms with Crippen molar-refractivity contribution in [2.75, 3.05) is 13.7 Å². The molecule has 152 valence electrons. The fraction of sp³-hybridized carbons (Fsp3) is 0.200. The highest BCUT2D eigenvalue weighted by Gasteiger charge is 2.36. The molecule has 5 nitrogen and oxygen atoms in total. The summed E-state index contributed by atoms with van der Waals surface area (Å²) < 4.78 is 5.18. The third kappa shape index (κ3) is 4.06. The van der Waals surface area contributed by atoms with Crippen LogP contribution >= 0.6 is 0 Å². The Morgan fingerprint density at radius 1 is 0.967 bits per heavy atom. The Morgan fingerprint density at radius 2 is 1.67 bits per heavy atom. The largest absolute Gasteiger partial charge is 0.497 e. The van der Waals surface area contributed by atoms with Crippen LogP contribution in [0.15, 0.2) is 78.9 Å². The van der Waals surface area contributed by atoms with E-state index in [4.69, 9.17) is 4.74 Å². The van der Waals surface area contributed by atoms with E-state index in [1.807, 2.05) is 66.7 Å². The second-order valence-electron chi connectivity index (χ2n) is 7.28. The number of benzene rings is 3. The lowest BCUT2D eigenvalue weighted by Crippen LogP contribution is -2.47. The van der Waals surface area contributed by atoms with E-state index in [0.717, 1.165) is 28.9 Å². The molecule has 1 unspecified atom stereocenters. The lowest BCUT2D eigenvalue weighted by atomic mass is 9.91. The minimum Gasteiger partial charge on any atom is -0.497 e. The molecule has 1 atom stereocenters. The van der Waals surface area contributed by atoms with E-state index in [1.165, 1.54) is 0 Å². The summed E-state index contributed by atoms with van der Waals surface area (Å²) in [6.45, 7) is 0.889. The number of carbonyl (C=O) groups excluding carboxylic acids is 2. The Kier molecular flexibility index (Phi) is 5.80. The minimum absolute atomic E-state index is 0.130. The van der Waals surface area contributed by atoms with Crippen LogP contribution in [0.3, 0.4) is 0 Å². The highest BCUT2D eigenvalue weighted by atomic mass is 16.5. The van der Waals surface area contributed by atoms with Crippen molar-refractivity contribution in [3.8, 4) is 5.75 Å². The molecule has 1 N–H and O–H groups in total. The molecule has 0 saturated heterocycles. The molecule has 1 heterocycles. The maximum atomic E-state index is 13.3. The number of hydrogen-bond donors (Lipinski definition) is 1. The number of carbonyl (C=O) groups is 2. The average molecular weight is 400 g/mol. The molecule has 1 aliphatic rings. The molecule has 4 rings (SSSR count). The van der Waals surface area contributed by atoms with Gasteiger partial charge in [-0.3, -0.25) is 9.59 Å². The highest BCUT2D eigenvalue weighted by molar-refractivity contribution is 5.98. The second kappa shape index (κ2) is 8.82. The first-order valence-corrected chi connectivity index (χ1v) is 10.0. The van der Waals surface area contributed by atoms with Crippen LogP contribution < -0.4 is 10.1 Å². The Balaban J connectivity index is 1.58. The van der Waals surface area contributed by atoms with Crippen LogP contribution in [0.25, 0.3) is 0 Å². The quantitative estimate of drug-likeness (QED) is 0.710. The molecule has 0 saturated carbocycles. The highest BCUT2D eigenvalue weighted by Crippen LogP contribution is 2.31. The van der Waals surface area contributed by atoms with E-state index >= 15 is 0 Å². The van der Waals surface area contributed by atoms with Crippen molar-refractivity contribution in [2.45, 2.75) is 19.0 Å². The van der Waals surface area contributed by atoms with Crippen LogP contribution in [0.2, 0.25) is 0 Å². The number of rotatable bonds is 5. The smallest absolute Gasteiger partial charge is 0.254 e. The van der Waals surface area contributed by atoms with Gasteiger partial charge in [-0.1, -0.05) is 54.6 Å². The van der Waals surface area contributed by atoms with Crippen LogP contribution in [0.5, 0.6) is 5.75 Å². The lowest BCUT2D eigenvalue weighted by molar-refractivity contribution is -0.126. The molecule has 3 aromatic rings. The first kappa shape index (κ1) is 19.7. The summed E-state index contributed by atoms with van der Waals surface area (Å²) in [6.07, 6.45) is 0.733. The minimum atomic E-state index is -0.652. The van der Waals surface area contributed by atoms with Crippen molar-refractivity contribution in [2.24, 2.45) is 0 Å². The van der Waals surface area contributed by atoms with Gasteiger partial charge in [-0.25, -0.2) is 0 Å². The summed E-state index contributed by atoms with van der Waals surface area (Å²) in [5.41, 5.74) is 3.55. The zero-order valence-corrected chi connectivity index (χ0v) is 16.9. The van der Waals surface area contributed by atoms with Crippen LogP contribution in [0.4, 0.5) is 0 Å². The van der Waals surface area contributed by atoms with E-state index in [9.17, 15) is 9.59 Å². The molecule has 0 aromatic heterocycles. The van der Waals surface area contributed by atoms with Crippen LogP contribution in [0, 0.1) is 0 Å². The van der Waals surface area contributed by atoms with Gasteiger partial charge in [0.15, 0.2) is 0 Å². The number of nitrogens with zero attached hydrogens (tertiary/aromatic N) is 1. The Morgan fingerprint density at radius 3 is 2.40 bits per heavy atom. The Labute approximate surface area is 176 Å². The molecule has 1 aliphatic heterocycles. The topological polar surface area (TPSA) is 58.6 Å². The monoisotopic (exact) mass is 400 g/mol. The second-order valence-corrected chi connectivity index (χ2v) is 7.28. The van der Waals surface area contributed by atoms with Crippen LogP contribution in [-0.2, 0) is 17.8 Å². The normalized spacial score (nSPS) is 15.2. The van der Waals surface area contributed by atoms with E-state index in [-0.39, 0.29) is 11.8 Å². The van der Waals surface area contributed by atoms with Crippen molar-refractivity contribution in [3.05, 3.63) is 101 Å². The SMILES string of the molecule is COc1ccc(CNC(=O)C2c3ccccc3CCN2C(=O)c2ccccc2)cc1. The molecule has 5 heteroatoms. The standard InChI is InChI=1S/C25H24N2O3/c1-30-21-13-11-18(12-14-21)17-26-24(28)23-22-10-6-5-7-19(22)15-16-27(23)25(29)20-8-3-2-4-9-20/h2-14,23H,15-17H2,1H3,(H,26,28). The van der Waals surface area contributed by atoms with Crippen LogP contribution in [-0.4, -0.2) is 30.4 Å². The van der Waals surface area contributed by atoms with Gasteiger partial charge in [0.1, 0.15) is 11.8 Å². The predicted molar refractivity (Wildman–Crippen MR) is 115 cm³/mol. The van der Waals surface area contributed by atoms with Gasteiger partial charge >= 0.3 is 0 Å². The number of amides is 2. The number of nitrogens with one attached hydrogen (secondary N) is 1. The zero-order chi connectivity index (χ0) is 20.9. The van der Waals surface area contributed by atoms with Crippen molar-refractivity contribution in [1.82, 2.24) is 10.2 Å². The maximum absolute atomic E-state index is 13.3. The fourth-order valence-corrected chi connectivity index (χ4v) is 3.84. The van der Waals surface area contributed by atoms with Gasteiger partial charge in [0.2, 0.25) is 5.91 Å². The maximum Gasteiger partial charge on any atom is 0.254 e. The van der Waals surface area contributed by atoms with Crippen molar-refractivity contribution in [1.29, 1.82) is 0 Å². The first-order chi connectivity index (χ1) is 14.7. The summed E-state index contributed by atoms with van der Waals surface area (Å²) in [5, 5.41) is 3.01. The zero-order valence-electron chi connectivity index (χ0n) is 16.9. The molecule has 2 amide bonds. The van der Waals surface area contributed by atoms with Gasteiger partial charge in [-0.15, -0.1) is 0 Å². The molecule has 0 bridgehead atoms. The Hall–Kier alpha value is -3.60. The molecule has 0 fully saturated rings. The summed E-state index contributed by atoms with van der Waals surface area (Å²) in [5.74, 6) is 0.461. The van der Waals surface area contributed by atoms with E-state index < -0.39 is 6.04 Å². The van der Waals surface area contributed by atoms with Crippen molar-refractivity contribution >= 4 is 11.8 Å². The van der Waals surface area contributed by atoms with Gasteiger partial charge in [0.05, 0.1) is 7.11 Å². The lowest BCUT2D eigenvalue weighted by Gasteiger charge is -2.36. The third-order valence-electron chi connectivity index (χ3n) is 5.44. The number of methoxy groups -OCH3 is 1. The third-order valence-corrected chi connectivity index (χ3v) is 5.44. The molecule has 0 spiro atoms. The number of ether oxygens (including phenoxy) is 1. The molecular formula is C25H24N2O3. The van der Waals surface area contributed by atoms with E-state index in [2.05, 4.69) is 5.32 Å². The summed E-state index contributed by atoms with van der Waals surface area (Å²) in [4.78, 5) is 28.2. The molecule has 3 aromatic carbocycles. The Bertz CT molecular complexity index is 1030. The number of hydrogen-bond acceptors (Lipinski definition) is 3. The van der Waals surface area contributed by atoms with Crippen molar-refractivity contribution < 1.29 is 14.3 Å². The molecule has 30 heavy (non-hydrogen) atoms. The van der Waals surface area contributed by atoms with Gasteiger partial charge in [-0.05, 0) is 47.4 Å². The molecule has 0 radical (unpaired) electrons. The number of fused-ring (bicyclic) bond motifs is 1. The van der Waals surface area contributed by atoms with E-state index in [0.29, 0.717) is 18.7 Å².